The smallest absolute Gasteiger partial charge is 0.326 e. The zero-order valence-electron chi connectivity index (χ0n) is 11.6. The molecule has 1 N–H and O–H groups in total. The van der Waals surface area contributed by atoms with Crippen LogP contribution in [0.3, 0.4) is 0 Å². The average molecular weight is 300 g/mol. The summed E-state index contributed by atoms with van der Waals surface area (Å²) in [5, 5.41) is 5.82. The number of carbonyl (C=O) groups excluding carboxylic acids is 1. The van der Waals surface area contributed by atoms with Crippen LogP contribution in [-0.4, -0.2) is 35.4 Å². The quantitative estimate of drug-likeness (QED) is 0.847. The molecular weight excluding hydrogens is 280 g/mol. The lowest BCUT2D eigenvalue weighted by atomic mass is 9.98. The van der Waals surface area contributed by atoms with Crippen LogP contribution >= 0.6 is 23.1 Å². The molecule has 1 heterocycles. The molecule has 0 spiro atoms. The zero-order chi connectivity index (χ0) is 13.9. The number of aryl methyl sites for hydroxylation is 1. The van der Waals surface area contributed by atoms with E-state index in [1.54, 1.807) is 23.1 Å². The maximum absolute atomic E-state index is 12.0. The summed E-state index contributed by atoms with van der Waals surface area (Å²) in [5.74, 6) is -0.132. The van der Waals surface area contributed by atoms with Gasteiger partial charge >= 0.3 is 5.97 Å². The lowest BCUT2D eigenvalue weighted by Gasteiger charge is -2.27. The predicted octanol–water partition coefficient (Wildman–Crippen LogP) is 2.62. The molecule has 0 radical (unpaired) electrons. The SMILES string of the molecule is CCNC1(C(=O)OC)CCC(Sc2nc(C)cs2)C1. The van der Waals surface area contributed by atoms with Crippen molar-refractivity contribution in [2.24, 2.45) is 0 Å². The summed E-state index contributed by atoms with van der Waals surface area (Å²) in [7, 11) is 1.46. The van der Waals surface area contributed by atoms with Crippen molar-refractivity contribution in [2.75, 3.05) is 13.7 Å². The van der Waals surface area contributed by atoms with E-state index in [-0.39, 0.29) is 5.97 Å². The third-order valence-corrected chi connectivity index (χ3v) is 5.78. The van der Waals surface area contributed by atoms with Gasteiger partial charge in [-0.05, 0) is 32.7 Å². The van der Waals surface area contributed by atoms with Gasteiger partial charge in [0.15, 0.2) is 0 Å². The fourth-order valence-electron chi connectivity index (χ4n) is 2.58. The summed E-state index contributed by atoms with van der Waals surface area (Å²) in [5.41, 5.74) is 0.574. The van der Waals surface area contributed by atoms with Crippen molar-refractivity contribution in [3.63, 3.8) is 0 Å². The van der Waals surface area contributed by atoms with Gasteiger partial charge in [-0.15, -0.1) is 11.3 Å². The molecule has 0 saturated heterocycles. The van der Waals surface area contributed by atoms with Gasteiger partial charge in [0.1, 0.15) is 9.88 Å². The number of thiazole rings is 1. The van der Waals surface area contributed by atoms with E-state index in [4.69, 9.17) is 4.74 Å². The number of hydrogen-bond acceptors (Lipinski definition) is 6. The monoisotopic (exact) mass is 300 g/mol. The zero-order valence-corrected chi connectivity index (χ0v) is 13.2. The highest BCUT2D eigenvalue weighted by Gasteiger charge is 2.46. The van der Waals surface area contributed by atoms with Gasteiger partial charge in [0.05, 0.1) is 7.11 Å². The number of thioether (sulfide) groups is 1. The van der Waals surface area contributed by atoms with Crippen molar-refractivity contribution in [1.82, 2.24) is 10.3 Å². The largest absolute Gasteiger partial charge is 0.468 e. The Morgan fingerprint density at radius 3 is 3.11 bits per heavy atom. The second kappa shape index (κ2) is 6.24. The number of nitrogens with zero attached hydrogens (tertiary/aromatic N) is 1. The van der Waals surface area contributed by atoms with E-state index in [1.165, 1.54) is 7.11 Å². The summed E-state index contributed by atoms with van der Waals surface area (Å²) in [6.45, 7) is 4.81. The molecule has 0 bridgehead atoms. The normalized spacial score (nSPS) is 26.6. The molecule has 106 valence electrons. The molecule has 4 nitrogen and oxygen atoms in total. The highest BCUT2D eigenvalue weighted by atomic mass is 32.2. The highest BCUT2D eigenvalue weighted by molar-refractivity contribution is 8.01. The second-order valence-electron chi connectivity index (χ2n) is 4.84. The number of carbonyl (C=O) groups is 1. The lowest BCUT2D eigenvalue weighted by Crippen LogP contribution is -2.50. The number of hydrogen-bond donors (Lipinski definition) is 1. The van der Waals surface area contributed by atoms with Crippen molar-refractivity contribution in [1.29, 1.82) is 0 Å². The van der Waals surface area contributed by atoms with Gasteiger partial charge in [0, 0.05) is 16.3 Å². The molecule has 1 aliphatic carbocycles. The Labute approximate surface area is 122 Å². The number of aromatic nitrogens is 1. The van der Waals surface area contributed by atoms with Crippen LogP contribution in [0.25, 0.3) is 0 Å². The number of methoxy groups -OCH3 is 1. The molecule has 0 aliphatic heterocycles. The minimum Gasteiger partial charge on any atom is -0.468 e. The summed E-state index contributed by atoms with van der Waals surface area (Å²) in [4.78, 5) is 16.5. The average Bonchev–Trinajstić information content (AvgIpc) is 2.97. The molecule has 2 atom stereocenters. The van der Waals surface area contributed by atoms with Crippen LogP contribution in [0.2, 0.25) is 0 Å². The summed E-state index contributed by atoms with van der Waals surface area (Å²) in [6.07, 6.45) is 2.68. The first-order chi connectivity index (χ1) is 9.09. The van der Waals surface area contributed by atoms with E-state index in [2.05, 4.69) is 15.7 Å². The van der Waals surface area contributed by atoms with Crippen LogP contribution in [0.5, 0.6) is 0 Å². The third-order valence-electron chi connectivity index (χ3n) is 3.43. The summed E-state index contributed by atoms with van der Waals surface area (Å²) in [6, 6.07) is 0. The van der Waals surface area contributed by atoms with Gasteiger partial charge in [-0.1, -0.05) is 18.7 Å². The molecule has 6 heteroatoms. The third kappa shape index (κ3) is 3.30. The fraction of sp³-hybridized carbons (Fsp3) is 0.692. The Morgan fingerprint density at radius 2 is 2.53 bits per heavy atom. The first-order valence-corrected chi connectivity index (χ1v) is 8.28. The minimum atomic E-state index is -0.493. The summed E-state index contributed by atoms with van der Waals surface area (Å²) < 4.78 is 6.07. The molecule has 1 saturated carbocycles. The van der Waals surface area contributed by atoms with Gasteiger partial charge in [0.2, 0.25) is 0 Å². The number of nitrogens with one attached hydrogen (secondary N) is 1. The predicted molar refractivity (Wildman–Crippen MR) is 78.8 cm³/mol. The molecule has 1 aliphatic rings. The minimum absolute atomic E-state index is 0.132. The lowest BCUT2D eigenvalue weighted by molar-refractivity contribution is -0.148. The Bertz CT molecular complexity index is 450. The van der Waals surface area contributed by atoms with Crippen LogP contribution in [0.4, 0.5) is 0 Å². The molecule has 1 fully saturated rings. The van der Waals surface area contributed by atoms with Gasteiger partial charge in [-0.25, -0.2) is 4.98 Å². The van der Waals surface area contributed by atoms with E-state index >= 15 is 0 Å². The van der Waals surface area contributed by atoms with Crippen molar-refractivity contribution in [2.45, 2.75) is 48.2 Å². The molecule has 0 amide bonds. The summed E-state index contributed by atoms with van der Waals surface area (Å²) >= 11 is 3.47. The standard InChI is InChI=1S/C13H20N2O2S2/c1-4-14-13(11(16)17-3)6-5-10(7-13)19-12-15-9(2)8-18-12/h8,10,14H,4-7H2,1-3H3. The molecule has 0 aromatic carbocycles. The van der Waals surface area contributed by atoms with Gasteiger partial charge in [-0.2, -0.15) is 0 Å². The van der Waals surface area contributed by atoms with E-state index in [9.17, 15) is 4.79 Å². The van der Waals surface area contributed by atoms with E-state index in [0.29, 0.717) is 5.25 Å². The maximum atomic E-state index is 12.0. The van der Waals surface area contributed by atoms with Gasteiger partial charge < -0.3 is 10.1 Å². The van der Waals surface area contributed by atoms with Crippen molar-refractivity contribution >= 4 is 29.1 Å². The Balaban J connectivity index is 2.02. The van der Waals surface area contributed by atoms with Crippen molar-refractivity contribution < 1.29 is 9.53 Å². The van der Waals surface area contributed by atoms with Crippen LogP contribution in [0, 0.1) is 6.92 Å². The number of likely N-dealkylation sites (N-methyl/N-ethyl adjacent to an activating group) is 1. The van der Waals surface area contributed by atoms with Crippen LogP contribution in [0.1, 0.15) is 31.9 Å². The van der Waals surface area contributed by atoms with Gasteiger partial charge in [-0.3, -0.25) is 4.79 Å². The van der Waals surface area contributed by atoms with Crippen LogP contribution in [0.15, 0.2) is 9.72 Å². The molecule has 1 aromatic heterocycles. The molecule has 2 rings (SSSR count). The molecule has 19 heavy (non-hydrogen) atoms. The Kier molecular flexibility index (Phi) is 4.86. The molecule has 2 unspecified atom stereocenters. The number of ether oxygens (including phenoxy) is 1. The van der Waals surface area contributed by atoms with Crippen molar-refractivity contribution in [3.8, 4) is 0 Å². The van der Waals surface area contributed by atoms with Crippen LogP contribution in [-0.2, 0) is 9.53 Å². The molecule has 1 aromatic rings. The fourth-order valence-corrected chi connectivity index (χ4v) is 4.96. The number of rotatable bonds is 5. The first kappa shape index (κ1) is 14.8. The maximum Gasteiger partial charge on any atom is 0.326 e. The Morgan fingerprint density at radius 1 is 1.74 bits per heavy atom. The molecular formula is C13H20N2O2S2. The van der Waals surface area contributed by atoms with E-state index in [0.717, 1.165) is 35.8 Å². The van der Waals surface area contributed by atoms with Crippen LogP contribution < -0.4 is 5.32 Å². The first-order valence-electron chi connectivity index (χ1n) is 6.52. The Hall–Kier alpha value is -0.590. The topological polar surface area (TPSA) is 51.2 Å². The van der Waals surface area contributed by atoms with Crippen molar-refractivity contribution in [3.05, 3.63) is 11.1 Å². The van der Waals surface area contributed by atoms with Gasteiger partial charge in [0.25, 0.3) is 0 Å². The van der Waals surface area contributed by atoms with E-state index < -0.39 is 5.54 Å². The highest BCUT2D eigenvalue weighted by Crippen LogP contribution is 2.41. The number of esters is 1. The van der Waals surface area contributed by atoms with E-state index in [1.807, 2.05) is 13.8 Å². The second-order valence-corrected chi connectivity index (χ2v) is 7.25.